The summed E-state index contributed by atoms with van der Waals surface area (Å²) < 4.78 is 4.84. The van der Waals surface area contributed by atoms with Gasteiger partial charge in [-0.2, -0.15) is 0 Å². The normalized spacial score (nSPS) is 37.3. The molecule has 0 radical (unpaired) electrons. The Morgan fingerprint density at radius 2 is 2.26 bits per heavy atom. The number of carbonyl (C=O) groups excluding carboxylic acids is 2. The topological polar surface area (TPSA) is 110 Å². The third kappa shape index (κ3) is 2.08. The Morgan fingerprint density at radius 3 is 2.79 bits per heavy atom. The van der Waals surface area contributed by atoms with Crippen molar-refractivity contribution < 1.29 is 24.2 Å². The molecule has 19 heavy (non-hydrogen) atoms. The van der Waals surface area contributed by atoms with Crippen molar-refractivity contribution in [3.05, 3.63) is 0 Å². The zero-order chi connectivity index (χ0) is 14.4. The summed E-state index contributed by atoms with van der Waals surface area (Å²) in [4.78, 5) is 35.6. The van der Waals surface area contributed by atoms with Crippen LogP contribution in [0.4, 0.5) is 0 Å². The maximum absolute atomic E-state index is 11.9. The second-order valence-electron chi connectivity index (χ2n) is 5.24. The summed E-state index contributed by atoms with van der Waals surface area (Å²) in [5, 5.41) is 9.17. The number of nitrogens with zero attached hydrogens (tertiary/aromatic N) is 1. The van der Waals surface area contributed by atoms with E-state index < -0.39 is 22.9 Å². The highest BCUT2D eigenvalue weighted by atomic mass is 32.2. The molecule has 2 rings (SSSR count). The van der Waals surface area contributed by atoms with Crippen molar-refractivity contribution in [3.63, 3.8) is 0 Å². The smallest absolute Gasteiger partial charge is 0.315 e. The third-order valence-corrected chi connectivity index (χ3v) is 5.29. The van der Waals surface area contributed by atoms with Gasteiger partial charge in [-0.3, -0.25) is 14.4 Å². The molecule has 0 aromatic heterocycles. The Labute approximate surface area is 114 Å². The fourth-order valence-corrected chi connectivity index (χ4v) is 3.90. The van der Waals surface area contributed by atoms with E-state index in [2.05, 4.69) is 0 Å². The Morgan fingerprint density at radius 1 is 1.63 bits per heavy atom. The molecule has 0 saturated carbocycles. The number of thioether (sulfide) groups is 1. The van der Waals surface area contributed by atoms with Crippen molar-refractivity contribution in [2.45, 2.75) is 24.8 Å². The van der Waals surface area contributed by atoms with Crippen molar-refractivity contribution in [1.82, 2.24) is 4.90 Å². The van der Waals surface area contributed by atoms with Crippen molar-refractivity contribution in [1.29, 1.82) is 0 Å². The van der Waals surface area contributed by atoms with Gasteiger partial charge < -0.3 is 20.5 Å². The Kier molecular flexibility index (Phi) is 3.26. The molecule has 0 aromatic carbocycles. The fourth-order valence-electron chi connectivity index (χ4n) is 2.33. The molecule has 2 unspecified atom stereocenters. The number of amides is 1. The first kappa shape index (κ1) is 14.1. The first-order valence-electron chi connectivity index (χ1n) is 5.79. The standard InChI is InChI=1S/C11H16N2O5S/c1-6(14)18-4-11(9(16)17)3-13-7(15)10(2,12)8(13)19-5-11/h8H,3-5,12H2,1-2H3,(H,16,17)/t8-,10?,11?/m1/s1. The SMILES string of the molecule is CC(=O)OCC1(C(=O)O)CS[C@H]2N(C1)C(=O)C2(C)N. The van der Waals surface area contributed by atoms with E-state index in [1.54, 1.807) is 6.92 Å². The molecule has 2 heterocycles. The number of carboxylic acid groups (broad SMARTS) is 1. The number of nitrogens with two attached hydrogens (primary N) is 1. The summed E-state index contributed by atoms with van der Waals surface area (Å²) in [6, 6.07) is 0. The second kappa shape index (κ2) is 4.38. The number of rotatable bonds is 3. The lowest BCUT2D eigenvalue weighted by molar-refractivity contribution is -0.166. The van der Waals surface area contributed by atoms with E-state index in [1.807, 2.05) is 0 Å². The molecule has 0 aromatic rings. The van der Waals surface area contributed by atoms with Crippen LogP contribution in [0.1, 0.15) is 13.8 Å². The first-order valence-corrected chi connectivity index (χ1v) is 6.84. The van der Waals surface area contributed by atoms with E-state index in [9.17, 15) is 19.5 Å². The highest BCUT2D eigenvalue weighted by molar-refractivity contribution is 8.00. The first-order chi connectivity index (χ1) is 8.70. The van der Waals surface area contributed by atoms with Gasteiger partial charge in [0.15, 0.2) is 0 Å². The van der Waals surface area contributed by atoms with Gasteiger partial charge in [-0.1, -0.05) is 0 Å². The predicted molar refractivity (Wildman–Crippen MR) is 67.3 cm³/mol. The highest BCUT2D eigenvalue weighted by Crippen LogP contribution is 2.45. The summed E-state index contributed by atoms with van der Waals surface area (Å²) in [5.41, 5.74) is 3.68. The predicted octanol–water partition coefficient (Wildman–Crippen LogP) is -0.747. The van der Waals surface area contributed by atoms with Gasteiger partial charge in [-0.05, 0) is 6.92 Å². The number of carboxylic acids is 1. The fraction of sp³-hybridized carbons (Fsp3) is 0.727. The molecule has 2 saturated heterocycles. The number of aliphatic carboxylic acids is 1. The molecule has 2 aliphatic heterocycles. The van der Waals surface area contributed by atoms with E-state index >= 15 is 0 Å². The quantitative estimate of drug-likeness (QED) is 0.519. The second-order valence-corrected chi connectivity index (χ2v) is 6.31. The molecule has 0 spiro atoms. The van der Waals surface area contributed by atoms with Gasteiger partial charge in [0.2, 0.25) is 5.91 Å². The van der Waals surface area contributed by atoms with Crippen LogP contribution in [-0.4, -0.2) is 57.7 Å². The summed E-state index contributed by atoms with van der Waals surface area (Å²) in [6.07, 6.45) is 0. The molecular formula is C11H16N2O5S. The maximum atomic E-state index is 11.9. The van der Waals surface area contributed by atoms with E-state index in [0.717, 1.165) is 0 Å². The van der Waals surface area contributed by atoms with Crippen molar-refractivity contribution in [2.75, 3.05) is 18.9 Å². The van der Waals surface area contributed by atoms with Gasteiger partial charge in [0.25, 0.3) is 0 Å². The highest BCUT2D eigenvalue weighted by Gasteiger charge is 2.62. The minimum atomic E-state index is -1.25. The molecule has 3 atom stereocenters. The zero-order valence-electron chi connectivity index (χ0n) is 10.7. The van der Waals surface area contributed by atoms with Crippen LogP contribution < -0.4 is 5.73 Å². The summed E-state index contributed by atoms with van der Waals surface area (Å²) in [5.74, 6) is -1.61. The summed E-state index contributed by atoms with van der Waals surface area (Å²) in [7, 11) is 0. The van der Waals surface area contributed by atoms with Crippen LogP contribution in [0.25, 0.3) is 0 Å². The molecular weight excluding hydrogens is 272 g/mol. The lowest BCUT2D eigenvalue weighted by atomic mass is 9.84. The van der Waals surface area contributed by atoms with Crippen molar-refractivity contribution in [2.24, 2.45) is 11.1 Å². The largest absolute Gasteiger partial charge is 0.481 e. The van der Waals surface area contributed by atoms with Gasteiger partial charge in [0, 0.05) is 19.2 Å². The lowest BCUT2D eigenvalue weighted by Crippen LogP contribution is -2.79. The number of ether oxygens (including phenoxy) is 1. The molecule has 106 valence electrons. The summed E-state index contributed by atoms with van der Waals surface area (Å²) in [6.45, 7) is 2.66. The average molecular weight is 288 g/mol. The lowest BCUT2D eigenvalue weighted by Gasteiger charge is -2.57. The average Bonchev–Trinajstić information content (AvgIpc) is 2.35. The number of hydrogen-bond acceptors (Lipinski definition) is 6. The van der Waals surface area contributed by atoms with E-state index in [0.29, 0.717) is 0 Å². The molecule has 3 N–H and O–H groups in total. The Hall–Kier alpha value is -1.28. The number of carbonyl (C=O) groups is 3. The van der Waals surface area contributed by atoms with Crippen LogP contribution in [-0.2, 0) is 19.1 Å². The minimum Gasteiger partial charge on any atom is -0.481 e. The van der Waals surface area contributed by atoms with E-state index in [-0.39, 0.29) is 30.2 Å². The number of hydrogen-bond donors (Lipinski definition) is 2. The number of esters is 1. The van der Waals surface area contributed by atoms with Crippen LogP contribution in [0, 0.1) is 5.41 Å². The van der Waals surface area contributed by atoms with Gasteiger partial charge in [0.1, 0.15) is 22.9 Å². The third-order valence-electron chi connectivity index (χ3n) is 3.51. The minimum absolute atomic E-state index is 0.0267. The Balaban J connectivity index is 2.14. The number of β-lactam (4-membered cyclic amide) rings is 1. The van der Waals surface area contributed by atoms with Crippen molar-refractivity contribution >= 4 is 29.6 Å². The van der Waals surface area contributed by atoms with Crippen LogP contribution in [0.15, 0.2) is 0 Å². The van der Waals surface area contributed by atoms with Crippen LogP contribution in [0.3, 0.4) is 0 Å². The molecule has 2 aliphatic rings. The molecule has 7 nitrogen and oxygen atoms in total. The van der Waals surface area contributed by atoms with Gasteiger partial charge >= 0.3 is 11.9 Å². The number of fused-ring (bicyclic) bond motifs is 1. The van der Waals surface area contributed by atoms with Gasteiger partial charge in [0.05, 0.1) is 0 Å². The molecule has 1 amide bonds. The zero-order valence-corrected chi connectivity index (χ0v) is 11.5. The molecule has 2 fully saturated rings. The summed E-state index contributed by atoms with van der Waals surface area (Å²) >= 11 is 1.32. The van der Waals surface area contributed by atoms with Crippen LogP contribution >= 0.6 is 11.8 Å². The Bertz CT molecular complexity index is 452. The van der Waals surface area contributed by atoms with Gasteiger partial charge in [-0.25, -0.2) is 0 Å². The van der Waals surface area contributed by atoms with Crippen LogP contribution in [0.5, 0.6) is 0 Å². The maximum Gasteiger partial charge on any atom is 0.315 e. The van der Waals surface area contributed by atoms with E-state index in [1.165, 1.54) is 23.6 Å². The molecule has 0 aliphatic carbocycles. The molecule has 0 bridgehead atoms. The van der Waals surface area contributed by atoms with E-state index in [4.69, 9.17) is 10.5 Å². The van der Waals surface area contributed by atoms with Crippen LogP contribution in [0.2, 0.25) is 0 Å². The van der Waals surface area contributed by atoms with Gasteiger partial charge in [-0.15, -0.1) is 11.8 Å². The monoisotopic (exact) mass is 288 g/mol. The van der Waals surface area contributed by atoms with Crippen molar-refractivity contribution in [3.8, 4) is 0 Å². The molecule has 8 heteroatoms.